The molecule has 2 atom stereocenters. The molecule has 2 aliphatic rings. The van der Waals surface area contributed by atoms with Crippen molar-refractivity contribution in [2.45, 2.75) is 45.1 Å². The van der Waals surface area contributed by atoms with E-state index in [0.717, 1.165) is 43.1 Å². The summed E-state index contributed by atoms with van der Waals surface area (Å²) in [6.07, 6.45) is 5.93. The third kappa shape index (κ3) is 3.00. The second kappa shape index (κ2) is 5.63. The van der Waals surface area contributed by atoms with E-state index in [1.54, 1.807) is 11.3 Å². The van der Waals surface area contributed by atoms with Crippen molar-refractivity contribution in [1.82, 2.24) is 5.32 Å². The van der Waals surface area contributed by atoms with Crippen molar-refractivity contribution in [3.63, 3.8) is 0 Å². The van der Waals surface area contributed by atoms with Crippen molar-refractivity contribution in [3.8, 4) is 0 Å². The number of carbonyl (C=O) groups is 1. The Morgan fingerprint density at radius 1 is 1.53 bits per heavy atom. The molecule has 1 aliphatic heterocycles. The molecule has 0 spiro atoms. The number of rotatable bonds is 3. The van der Waals surface area contributed by atoms with Crippen LogP contribution < -0.4 is 5.32 Å². The highest BCUT2D eigenvalue weighted by Crippen LogP contribution is 2.32. The lowest BCUT2D eigenvalue weighted by Gasteiger charge is -2.16. The summed E-state index contributed by atoms with van der Waals surface area (Å²) in [6, 6.07) is 2.10. The maximum atomic E-state index is 12.1. The number of ether oxygens (including phenoxy) is 1. The number of thiophene rings is 1. The minimum absolute atomic E-state index is 0.0718. The first-order valence-corrected chi connectivity index (χ1v) is 8.05. The average Bonchev–Trinajstić information content (AvgIpc) is 3.04. The van der Waals surface area contributed by atoms with Crippen molar-refractivity contribution in [3.05, 3.63) is 21.4 Å². The normalized spacial score (nSPS) is 26.2. The van der Waals surface area contributed by atoms with Gasteiger partial charge in [0.15, 0.2) is 0 Å². The Kier molecular flexibility index (Phi) is 3.89. The fraction of sp³-hybridized carbons (Fsp3) is 0.667. The van der Waals surface area contributed by atoms with Crippen molar-refractivity contribution in [1.29, 1.82) is 0 Å². The molecule has 3 rings (SSSR count). The van der Waals surface area contributed by atoms with Gasteiger partial charge in [-0.25, -0.2) is 0 Å². The number of amides is 1. The summed E-state index contributed by atoms with van der Waals surface area (Å²) < 4.78 is 5.52. The van der Waals surface area contributed by atoms with E-state index >= 15 is 0 Å². The highest BCUT2D eigenvalue weighted by molar-refractivity contribution is 7.14. The number of fused-ring (bicyclic) bond motifs is 1. The molecule has 0 unspecified atom stereocenters. The molecule has 0 radical (unpaired) electrons. The third-order valence-electron chi connectivity index (χ3n) is 4.07. The Balaban J connectivity index is 1.60. The van der Waals surface area contributed by atoms with Crippen LogP contribution in [0, 0.1) is 5.92 Å². The summed E-state index contributed by atoms with van der Waals surface area (Å²) in [5.41, 5.74) is 1.39. The molecule has 1 aromatic heterocycles. The van der Waals surface area contributed by atoms with Gasteiger partial charge in [-0.05, 0) is 49.7 Å². The molecule has 1 saturated heterocycles. The first kappa shape index (κ1) is 13.1. The van der Waals surface area contributed by atoms with E-state index in [4.69, 9.17) is 4.74 Å². The standard InChI is InChI=1S/C15H21NO2S/c1-10-4-5-13-11(7-10)8-14(19-13)15(17)16-9-12-3-2-6-18-12/h8,10,12H,2-7,9H2,1H3,(H,16,17)/t10-,12+/m1/s1. The minimum atomic E-state index is 0.0718. The van der Waals surface area contributed by atoms with Gasteiger partial charge in [0.25, 0.3) is 5.91 Å². The van der Waals surface area contributed by atoms with Crippen LogP contribution in [0.15, 0.2) is 6.07 Å². The summed E-state index contributed by atoms with van der Waals surface area (Å²) in [6.45, 7) is 3.78. The van der Waals surface area contributed by atoms with Crippen LogP contribution in [0.5, 0.6) is 0 Å². The fourth-order valence-corrected chi connectivity index (χ4v) is 4.04. The van der Waals surface area contributed by atoms with Crippen LogP contribution in [-0.2, 0) is 17.6 Å². The zero-order valence-electron chi connectivity index (χ0n) is 11.4. The fourth-order valence-electron chi connectivity index (χ4n) is 2.92. The molecule has 0 aromatic carbocycles. The molecular weight excluding hydrogens is 258 g/mol. The molecule has 1 N–H and O–H groups in total. The van der Waals surface area contributed by atoms with Crippen LogP contribution in [-0.4, -0.2) is 25.2 Å². The van der Waals surface area contributed by atoms with Crippen LogP contribution in [0.25, 0.3) is 0 Å². The first-order chi connectivity index (χ1) is 9.22. The molecule has 4 heteroatoms. The molecule has 19 heavy (non-hydrogen) atoms. The average molecular weight is 279 g/mol. The second-order valence-corrected chi connectivity index (χ2v) is 6.89. The van der Waals surface area contributed by atoms with Gasteiger partial charge in [-0.2, -0.15) is 0 Å². The van der Waals surface area contributed by atoms with Crippen molar-refractivity contribution >= 4 is 17.2 Å². The number of hydrogen-bond donors (Lipinski definition) is 1. The Morgan fingerprint density at radius 3 is 3.21 bits per heavy atom. The second-order valence-electron chi connectivity index (χ2n) is 5.75. The van der Waals surface area contributed by atoms with Gasteiger partial charge in [0.05, 0.1) is 11.0 Å². The maximum Gasteiger partial charge on any atom is 0.261 e. The lowest BCUT2D eigenvalue weighted by atomic mass is 9.90. The predicted octanol–water partition coefficient (Wildman–Crippen LogP) is 2.78. The first-order valence-electron chi connectivity index (χ1n) is 7.24. The van der Waals surface area contributed by atoms with Gasteiger partial charge in [0, 0.05) is 18.0 Å². The van der Waals surface area contributed by atoms with E-state index < -0.39 is 0 Å². The maximum absolute atomic E-state index is 12.1. The lowest BCUT2D eigenvalue weighted by Crippen LogP contribution is -2.31. The molecule has 1 aromatic rings. The molecule has 1 aliphatic carbocycles. The minimum Gasteiger partial charge on any atom is -0.376 e. The molecule has 1 amide bonds. The molecule has 2 heterocycles. The molecular formula is C15H21NO2S. The summed E-state index contributed by atoms with van der Waals surface area (Å²) in [7, 11) is 0. The van der Waals surface area contributed by atoms with E-state index in [2.05, 4.69) is 18.3 Å². The number of carbonyl (C=O) groups excluding carboxylic acids is 1. The van der Waals surface area contributed by atoms with Crippen molar-refractivity contribution in [2.24, 2.45) is 5.92 Å². The number of hydrogen-bond acceptors (Lipinski definition) is 3. The predicted molar refractivity (Wildman–Crippen MR) is 76.8 cm³/mol. The van der Waals surface area contributed by atoms with Crippen LogP contribution >= 0.6 is 11.3 Å². The topological polar surface area (TPSA) is 38.3 Å². The van der Waals surface area contributed by atoms with Gasteiger partial charge < -0.3 is 10.1 Å². The quantitative estimate of drug-likeness (QED) is 0.924. The van der Waals surface area contributed by atoms with Crippen molar-refractivity contribution < 1.29 is 9.53 Å². The molecule has 1 fully saturated rings. The van der Waals surface area contributed by atoms with Crippen LogP contribution in [0.4, 0.5) is 0 Å². The highest BCUT2D eigenvalue weighted by Gasteiger charge is 2.21. The summed E-state index contributed by atoms with van der Waals surface area (Å²) in [5, 5.41) is 3.01. The summed E-state index contributed by atoms with van der Waals surface area (Å²) >= 11 is 1.68. The van der Waals surface area contributed by atoms with Crippen LogP contribution in [0.3, 0.4) is 0 Å². The van der Waals surface area contributed by atoms with Crippen LogP contribution in [0.1, 0.15) is 46.3 Å². The Hall–Kier alpha value is -0.870. The van der Waals surface area contributed by atoms with Gasteiger partial charge in [-0.1, -0.05) is 6.92 Å². The Bertz CT molecular complexity index is 463. The van der Waals surface area contributed by atoms with Crippen LogP contribution in [0.2, 0.25) is 0 Å². The zero-order chi connectivity index (χ0) is 13.2. The summed E-state index contributed by atoms with van der Waals surface area (Å²) in [5.74, 6) is 0.826. The van der Waals surface area contributed by atoms with E-state index in [1.165, 1.54) is 16.9 Å². The van der Waals surface area contributed by atoms with Gasteiger partial charge >= 0.3 is 0 Å². The third-order valence-corrected chi connectivity index (χ3v) is 5.30. The molecule has 104 valence electrons. The van der Waals surface area contributed by atoms with E-state index in [-0.39, 0.29) is 12.0 Å². The van der Waals surface area contributed by atoms with Gasteiger partial charge in [0.2, 0.25) is 0 Å². The van der Waals surface area contributed by atoms with Gasteiger partial charge in [-0.15, -0.1) is 11.3 Å². The van der Waals surface area contributed by atoms with E-state index in [0.29, 0.717) is 6.54 Å². The molecule has 0 saturated carbocycles. The smallest absolute Gasteiger partial charge is 0.261 e. The van der Waals surface area contributed by atoms with Crippen molar-refractivity contribution in [2.75, 3.05) is 13.2 Å². The monoisotopic (exact) mass is 279 g/mol. The highest BCUT2D eigenvalue weighted by atomic mass is 32.1. The molecule has 0 bridgehead atoms. The number of aryl methyl sites for hydroxylation is 1. The van der Waals surface area contributed by atoms with E-state index in [1.807, 2.05) is 0 Å². The Morgan fingerprint density at radius 2 is 2.42 bits per heavy atom. The van der Waals surface area contributed by atoms with Gasteiger partial charge in [0.1, 0.15) is 0 Å². The Labute approximate surface area is 118 Å². The largest absolute Gasteiger partial charge is 0.376 e. The van der Waals surface area contributed by atoms with E-state index in [9.17, 15) is 4.79 Å². The number of nitrogens with one attached hydrogen (secondary N) is 1. The molecule has 3 nitrogen and oxygen atoms in total. The lowest BCUT2D eigenvalue weighted by molar-refractivity contribution is 0.0861. The zero-order valence-corrected chi connectivity index (χ0v) is 12.2. The summed E-state index contributed by atoms with van der Waals surface area (Å²) in [4.78, 5) is 14.4. The SMILES string of the molecule is C[C@@H]1CCc2sc(C(=O)NC[C@@H]3CCCO3)cc2C1. The van der Waals surface area contributed by atoms with Gasteiger partial charge in [-0.3, -0.25) is 4.79 Å².